The van der Waals surface area contributed by atoms with Crippen LogP contribution in [-0.2, 0) is 6.54 Å². The molecule has 0 saturated carbocycles. The molecule has 0 bridgehead atoms. The molecule has 0 aliphatic carbocycles. The van der Waals surface area contributed by atoms with Crippen LogP contribution in [0.1, 0.15) is 26.5 Å². The van der Waals surface area contributed by atoms with E-state index in [-0.39, 0.29) is 0 Å². The molecule has 0 saturated heterocycles. The standard InChI is InChI=1S/C10H20N4S/c1-4-14(5-2)9(3)6-11-7-10-8-15-13-12-10/h8-9,11H,4-7H2,1-3H3. The van der Waals surface area contributed by atoms with Gasteiger partial charge < -0.3 is 5.32 Å². The fourth-order valence-corrected chi connectivity index (χ4v) is 2.10. The summed E-state index contributed by atoms with van der Waals surface area (Å²) in [6.07, 6.45) is 0. The lowest BCUT2D eigenvalue weighted by Crippen LogP contribution is -2.40. The van der Waals surface area contributed by atoms with E-state index in [0.717, 1.165) is 31.9 Å². The number of nitrogens with one attached hydrogen (secondary N) is 1. The van der Waals surface area contributed by atoms with Gasteiger partial charge in [0.2, 0.25) is 0 Å². The van der Waals surface area contributed by atoms with Crippen LogP contribution in [0.2, 0.25) is 0 Å². The van der Waals surface area contributed by atoms with Crippen LogP contribution in [0.5, 0.6) is 0 Å². The van der Waals surface area contributed by atoms with Crippen molar-refractivity contribution in [2.45, 2.75) is 33.4 Å². The van der Waals surface area contributed by atoms with E-state index < -0.39 is 0 Å². The Bertz CT molecular complexity index is 246. The number of likely N-dealkylation sites (N-methyl/N-ethyl adjacent to an activating group) is 1. The minimum absolute atomic E-state index is 0.576. The average Bonchev–Trinajstić information content (AvgIpc) is 2.72. The van der Waals surface area contributed by atoms with Gasteiger partial charge in [-0.2, -0.15) is 0 Å². The average molecular weight is 228 g/mol. The second-order valence-electron chi connectivity index (χ2n) is 3.60. The van der Waals surface area contributed by atoms with Crippen LogP contribution < -0.4 is 5.32 Å². The molecule has 1 aromatic heterocycles. The van der Waals surface area contributed by atoms with Gasteiger partial charge in [0, 0.05) is 24.5 Å². The predicted octanol–water partition coefficient (Wildman–Crippen LogP) is 1.36. The molecule has 86 valence electrons. The van der Waals surface area contributed by atoms with E-state index in [4.69, 9.17) is 0 Å². The Balaban J connectivity index is 2.19. The molecule has 1 N–H and O–H groups in total. The van der Waals surface area contributed by atoms with E-state index in [1.54, 1.807) is 0 Å². The highest BCUT2D eigenvalue weighted by Crippen LogP contribution is 1.99. The van der Waals surface area contributed by atoms with Crippen LogP contribution in [0.3, 0.4) is 0 Å². The second-order valence-corrected chi connectivity index (χ2v) is 4.21. The van der Waals surface area contributed by atoms with Crippen molar-refractivity contribution in [2.75, 3.05) is 19.6 Å². The highest BCUT2D eigenvalue weighted by molar-refractivity contribution is 7.03. The monoisotopic (exact) mass is 228 g/mol. The van der Waals surface area contributed by atoms with Gasteiger partial charge in [0.1, 0.15) is 0 Å². The summed E-state index contributed by atoms with van der Waals surface area (Å²) in [5.41, 5.74) is 1.03. The summed E-state index contributed by atoms with van der Waals surface area (Å²) in [5, 5.41) is 9.37. The van der Waals surface area contributed by atoms with Gasteiger partial charge in [-0.1, -0.05) is 18.3 Å². The number of rotatable bonds is 7. The Morgan fingerprint density at radius 3 is 2.73 bits per heavy atom. The molecule has 1 unspecified atom stereocenters. The summed E-state index contributed by atoms with van der Waals surface area (Å²) in [6, 6.07) is 0.576. The maximum absolute atomic E-state index is 3.99. The van der Waals surface area contributed by atoms with Crippen LogP contribution in [0.25, 0.3) is 0 Å². The first-order valence-electron chi connectivity index (χ1n) is 5.48. The van der Waals surface area contributed by atoms with E-state index in [2.05, 4.69) is 40.6 Å². The third kappa shape index (κ3) is 4.24. The molecule has 0 fully saturated rings. The zero-order valence-electron chi connectivity index (χ0n) is 9.73. The molecule has 4 nitrogen and oxygen atoms in total. The van der Waals surface area contributed by atoms with Crippen molar-refractivity contribution >= 4 is 11.5 Å². The smallest absolute Gasteiger partial charge is 0.0893 e. The normalized spacial score (nSPS) is 13.3. The molecule has 0 aromatic carbocycles. The van der Waals surface area contributed by atoms with Gasteiger partial charge in [-0.25, -0.2) is 0 Å². The molecule has 1 rings (SSSR count). The first-order valence-corrected chi connectivity index (χ1v) is 6.32. The third-order valence-corrected chi connectivity index (χ3v) is 3.14. The van der Waals surface area contributed by atoms with Gasteiger partial charge in [0.25, 0.3) is 0 Å². The van der Waals surface area contributed by atoms with Crippen molar-refractivity contribution < 1.29 is 0 Å². The van der Waals surface area contributed by atoms with Crippen LogP contribution in [0, 0.1) is 0 Å². The fourth-order valence-electron chi connectivity index (χ4n) is 1.65. The molecule has 1 atom stereocenters. The molecule has 15 heavy (non-hydrogen) atoms. The van der Waals surface area contributed by atoms with Crippen LogP contribution >= 0.6 is 11.5 Å². The number of nitrogens with zero attached hydrogens (tertiary/aromatic N) is 3. The summed E-state index contributed by atoms with van der Waals surface area (Å²) in [7, 11) is 0. The van der Waals surface area contributed by atoms with E-state index in [9.17, 15) is 0 Å². The van der Waals surface area contributed by atoms with E-state index >= 15 is 0 Å². The summed E-state index contributed by atoms with van der Waals surface area (Å²) in [5.74, 6) is 0. The summed E-state index contributed by atoms with van der Waals surface area (Å²) >= 11 is 1.40. The molecule has 0 aliphatic heterocycles. The lowest BCUT2D eigenvalue weighted by atomic mass is 10.2. The van der Waals surface area contributed by atoms with Crippen molar-refractivity contribution in [3.05, 3.63) is 11.1 Å². The Morgan fingerprint density at radius 1 is 1.47 bits per heavy atom. The van der Waals surface area contributed by atoms with Crippen LogP contribution in [0.4, 0.5) is 0 Å². The van der Waals surface area contributed by atoms with E-state index in [0.29, 0.717) is 6.04 Å². The maximum Gasteiger partial charge on any atom is 0.0893 e. The molecule has 0 spiro atoms. The predicted molar refractivity (Wildman–Crippen MR) is 64.0 cm³/mol. The number of aromatic nitrogens is 2. The lowest BCUT2D eigenvalue weighted by Gasteiger charge is -2.26. The van der Waals surface area contributed by atoms with Gasteiger partial charge in [0.15, 0.2) is 0 Å². The minimum Gasteiger partial charge on any atom is -0.310 e. The first kappa shape index (κ1) is 12.5. The lowest BCUT2D eigenvalue weighted by molar-refractivity contribution is 0.225. The van der Waals surface area contributed by atoms with Crippen LogP contribution in [-0.4, -0.2) is 40.2 Å². The van der Waals surface area contributed by atoms with Gasteiger partial charge in [-0.3, -0.25) is 4.90 Å². The molecule has 5 heteroatoms. The van der Waals surface area contributed by atoms with Gasteiger partial charge in [-0.15, -0.1) is 5.10 Å². The molecule has 1 aromatic rings. The van der Waals surface area contributed by atoms with Crippen molar-refractivity contribution in [2.24, 2.45) is 0 Å². The zero-order valence-corrected chi connectivity index (χ0v) is 10.5. The van der Waals surface area contributed by atoms with E-state index in [1.807, 2.05) is 5.38 Å². The highest BCUT2D eigenvalue weighted by atomic mass is 32.1. The summed E-state index contributed by atoms with van der Waals surface area (Å²) in [4.78, 5) is 2.44. The van der Waals surface area contributed by atoms with Crippen molar-refractivity contribution in [3.8, 4) is 0 Å². The van der Waals surface area contributed by atoms with Crippen LogP contribution in [0.15, 0.2) is 5.38 Å². The van der Waals surface area contributed by atoms with Gasteiger partial charge >= 0.3 is 0 Å². The third-order valence-electron chi connectivity index (χ3n) is 2.59. The zero-order chi connectivity index (χ0) is 11.1. The maximum atomic E-state index is 3.99. The quantitative estimate of drug-likeness (QED) is 0.765. The number of hydrogen-bond acceptors (Lipinski definition) is 5. The minimum atomic E-state index is 0.576. The summed E-state index contributed by atoms with van der Waals surface area (Å²) in [6.45, 7) is 10.7. The Morgan fingerprint density at radius 2 is 2.20 bits per heavy atom. The first-order chi connectivity index (χ1) is 7.27. The fraction of sp³-hybridized carbons (Fsp3) is 0.800. The Labute approximate surface area is 95.8 Å². The van der Waals surface area contributed by atoms with Gasteiger partial charge in [-0.05, 0) is 31.5 Å². The number of hydrogen-bond donors (Lipinski definition) is 1. The largest absolute Gasteiger partial charge is 0.310 e. The van der Waals surface area contributed by atoms with Crippen molar-refractivity contribution in [1.29, 1.82) is 0 Å². The topological polar surface area (TPSA) is 41.0 Å². The van der Waals surface area contributed by atoms with Gasteiger partial charge in [0.05, 0.1) is 5.69 Å². The Kier molecular flexibility index (Phi) is 5.75. The SMILES string of the molecule is CCN(CC)C(C)CNCc1csnn1. The molecule has 0 radical (unpaired) electrons. The molecule has 1 heterocycles. The second kappa shape index (κ2) is 6.87. The van der Waals surface area contributed by atoms with E-state index in [1.165, 1.54) is 11.5 Å². The molecule has 0 aliphatic rings. The summed E-state index contributed by atoms with van der Waals surface area (Å²) < 4.78 is 3.83. The molecular weight excluding hydrogens is 208 g/mol. The highest BCUT2D eigenvalue weighted by Gasteiger charge is 2.08. The van der Waals surface area contributed by atoms with Crippen molar-refractivity contribution in [3.63, 3.8) is 0 Å². The molecular formula is C10H20N4S. The van der Waals surface area contributed by atoms with Crippen molar-refractivity contribution in [1.82, 2.24) is 19.8 Å². The molecule has 0 amide bonds. The Hall–Kier alpha value is -0.520.